The maximum atomic E-state index is 9.92. The fourth-order valence-corrected chi connectivity index (χ4v) is 2.49. The van der Waals surface area contributed by atoms with Crippen molar-refractivity contribution < 1.29 is 5.11 Å². The van der Waals surface area contributed by atoms with Crippen molar-refractivity contribution in [3.63, 3.8) is 0 Å². The largest absolute Gasteiger partial charge is 0.388 e. The fourth-order valence-electron chi connectivity index (χ4n) is 1.37. The highest BCUT2D eigenvalue weighted by molar-refractivity contribution is 9.10. The molecule has 2 aromatic rings. The molecule has 1 N–H and O–H groups in total. The summed E-state index contributed by atoms with van der Waals surface area (Å²) in [4.78, 5) is 4.06. The molecule has 2 rings (SSSR count). The van der Waals surface area contributed by atoms with Gasteiger partial charge in [-0.3, -0.25) is 4.98 Å². The zero-order valence-electron chi connectivity index (χ0n) is 7.93. The van der Waals surface area contributed by atoms with Gasteiger partial charge < -0.3 is 5.11 Å². The molecular weight excluding hydrogens is 274 g/mol. The zero-order chi connectivity index (χ0) is 10.7. The second-order valence-electron chi connectivity index (χ2n) is 3.29. The summed E-state index contributed by atoms with van der Waals surface area (Å²) in [6.07, 6.45) is 3.68. The van der Waals surface area contributed by atoms with Crippen LogP contribution in [0.2, 0.25) is 0 Å². The number of hydrogen-bond acceptors (Lipinski definition) is 3. The lowest BCUT2D eigenvalue weighted by Crippen LogP contribution is -2.00. The van der Waals surface area contributed by atoms with E-state index < -0.39 is 6.10 Å². The van der Waals surface area contributed by atoms with Gasteiger partial charge in [0.2, 0.25) is 0 Å². The molecule has 0 amide bonds. The third kappa shape index (κ3) is 2.87. The molecule has 2 aromatic heterocycles. The topological polar surface area (TPSA) is 33.1 Å². The van der Waals surface area contributed by atoms with Crippen molar-refractivity contribution in [2.24, 2.45) is 0 Å². The third-order valence-corrected chi connectivity index (χ3v) is 3.25. The Balaban J connectivity index is 2.09. The van der Waals surface area contributed by atoms with Crippen molar-refractivity contribution in [2.75, 3.05) is 0 Å². The molecule has 1 unspecified atom stereocenters. The lowest BCUT2D eigenvalue weighted by Gasteiger charge is -2.08. The number of nitrogens with zero attached hydrogens (tertiary/aromatic N) is 1. The highest BCUT2D eigenvalue weighted by Gasteiger charge is 2.09. The first-order chi connectivity index (χ1) is 7.25. The summed E-state index contributed by atoms with van der Waals surface area (Å²) < 4.78 is 0.942. The van der Waals surface area contributed by atoms with Crippen molar-refractivity contribution in [1.29, 1.82) is 0 Å². The van der Waals surface area contributed by atoms with Crippen LogP contribution in [-0.4, -0.2) is 10.1 Å². The van der Waals surface area contributed by atoms with Crippen molar-refractivity contribution in [2.45, 2.75) is 12.5 Å². The number of halogens is 1. The molecule has 0 radical (unpaired) electrons. The second-order valence-corrected chi connectivity index (χ2v) is 4.98. The minimum atomic E-state index is -0.438. The van der Waals surface area contributed by atoms with Crippen LogP contribution in [0.25, 0.3) is 0 Å². The van der Waals surface area contributed by atoms with Crippen LogP contribution in [-0.2, 0) is 6.42 Å². The number of aliphatic hydroxyl groups is 1. The first-order valence-corrected chi connectivity index (χ1v) is 6.29. The van der Waals surface area contributed by atoms with E-state index in [0.29, 0.717) is 6.42 Å². The van der Waals surface area contributed by atoms with E-state index in [4.69, 9.17) is 0 Å². The Morgan fingerprint density at radius 2 is 2.33 bits per heavy atom. The van der Waals surface area contributed by atoms with E-state index in [0.717, 1.165) is 15.6 Å². The number of aromatic nitrogens is 1. The Hall–Kier alpha value is -0.710. The predicted octanol–water partition coefficient (Wildman–Crippen LogP) is 3.18. The third-order valence-electron chi connectivity index (χ3n) is 2.12. The maximum Gasteiger partial charge on any atom is 0.0838 e. The van der Waals surface area contributed by atoms with Crippen LogP contribution in [0.15, 0.2) is 39.8 Å². The van der Waals surface area contributed by atoms with Crippen LogP contribution < -0.4 is 0 Å². The van der Waals surface area contributed by atoms with E-state index in [1.165, 1.54) is 0 Å². The Morgan fingerprint density at radius 1 is 1.47 bits per heavy atom. The summed E-state index contributed by atoms with van der Waals surface area (Å²) in [6.45, 7) is 0. The van der Waals surface area contributed by atoms with E-state index in [2.05, 4.69) is 20.9 Å². The quantitative estimate of drug-likeness (QED) is 0.939. The SMILES string of the molecule is OC(Cc1cncc(Br)c1)c1ccsc1. The Labute approximate surface area is 101 Å². The summed E-state index contributed by atoms with van der Waals surface area (Å²) >= 11 is 4.96. The average molecular weight is 284 g/mol. The van der Waals surface area contributed by atoms with Gasteiger partial charge in [-0.2, -0.15) is 11.3 Å². The Bertz CT molecular complexity index is 430. The van der Waals surface area contributed by atoms with E-state index in [1.54, 1.807) is 23.7 Å². The molecule has 1 atom stereocenters. The van der Waals surface area contributed by atoms with Crippen molar-refractivity contribution in [3.8, 4) is 0 Å². The number of thiophene rings is 1. The predicted molar refractivity (Wildman–Crippen MR) is 64.9 cm³/mol. The molecule has 0 saturated carbocycles. The molecule has 0 spiro atoms. The van der Waals surface area contributed by atoms with Crippen molar-refractivity contribution in [1.82, 2.24) is 4.98 Å². The second kappa shape index (κ2) is 4.88. The summed E-state index contributed by atoms with van der Waals surface area (Å²) in [5.41, 5.74) is 2.00. The van der Waals surface area contributed by atoms with Gasteiger partial charge in [0.05, 0.1) is 6.10 Å². The Morgan fingerprint density at radius 3 is 3.00 bits per heavy atom. The van der Waals surface area contributed by atoms with Crippen LogP contribution in [0.1, 0.15) is 17.2 Å². The van der Waals surface area contributed by atoms with Gasteiger partial charge in [0.15, 0.2) is 0 Å². The molecule has 2 heterocycles. The zero-order valence-corrected chi connectivity index (χ0v) is 10.3. The maximum absolute atomic E-state index is 9.92. The minimum absolute atomic E-state index is 0.438. The van der Waals surface area contributed by atoms with Crippen LogP contribution >= 0.6 is 27.3 Å². The molecular formula is C11H10BrNOS. The molecule has 4 heteroatoms. The van der Waals surface area contributed by atoms with Gasteiger partial charge in [0, 0.05) is 23.3 Å². The van der Waals surface area contributed by atoms with E-state index in [9.17, 15) is 5.11 Å². The minimum Gasteiger partial charge on any atom is -0.388 e. The summed E-state index contributed by atoms with van der Waals surface area (Å²) in [7, 11) is 0. The normalized spacial score (nSPS) is 12.7. The van der Waals surface area contributed by atoms with Gasteiger partial charge in [-0.05, 0) is 49.9 Å². The molecule has 78 valence electrons. The molecule has 0 aliphatic rings. The van der Waals surface area contributed by atoms with Gasteiger partial charge in [0.25, 0.3) is 0 Å². The van der Waals surface area contributed by atoms with E-state index in [1.807, 2.05) is 22.9 Å². The molecule has 2 nitrogen and oxygen atoms in total. The standard InChI is InChI=1S/C11H10BrNOS/c12-10-3-8(5-13-6-10)4-11(14)9-1-2-15-7-9/h1-3,5-7,11,14H,4H2. The molecule has 0 aliphatic carbocycles. The summed E-state index contributed by atoms with van der Waals surface area (Å²) in [5.74, 6) is 0. The molecule has 0 saturated heterocycles. The molecule has 15 heavy (non-hydrogen) atoms. The lowest BCUT2D eigenvalue weighted by molar-refractivity contribution is 0.179. The van der Waals surface area contributed by atoms with Gasteiger partial charge in [-0.25, -0.2) is 0 Å². The molecule has 0 bridgehead atoms. The highest BCUT2D eigenvalue weighted by atomic mass is 79.9. The Kier molecular flexibility index (Phi) is 3.51. The highest BCUT2D eigenvalue weighted by Crippen LogP contribution is 2.21. The first-order valence-electron chi connectivity index (χ1n) is 4.55. The molecule has 0 fully saturated rings. The van der Waals surface area contributed by atoms with Crippen LogP contribution in [0, 0.1) is 0 Å². The van der Waals surface area contributed by atoms with Crippen LogP contribution in [0.3, 0.4) is 0 Å². The number of hydrogen-bond donors (Lipinski definition) is 1. The first kappa shape index (κ1) is 10.8. The number of rotatable bonds is 3. The van der Waals surface area contributed by atoms with Crippen LogP contribution in [0.5, 0.6) is 0 Å². The van der Waals surface area contributed by atoms with Gasteiger partial charge in [0.1, 0.15) is 0 Å². The van der Waals surface area contributed by atoms with Crippen molar-refractivity contribution >= 4 is 27.3 Å². The van der Waals surface area contributed by atoms with Crippen molar-refractivity contribution in [3.05, 3.63) is 50.9 Å². The lowest BCUT2D eigenvalue weighted by atomic mass is 10.1. The molecule has 0 aromatic carbocycles. The van der Waals surface area contributed by atoms with E-state index in [-0.39, 0.29) is 0 Å². The summed E-state index contributed by atoms with van der Waals surface area (Å²) in [6, 6.07) is 3.92. The van der Waals surface area contributed by atoms with Gasteiger partial charge in [-0.1, -0.05) is 0 Å². The van der Waals surface area contributed by atoms with E-state index >= 15 is 0 Å². The van der Waals surface area contributed by atoms with Gasteiger partial charge in [-0.15, -0.1) is 0 Å². The fraction of sp³-hybridized carbons (Fsp3) is 0.182. The number of pyridine rings is 1. The smallest absolute Gasteiger partial charge is 0.0838 e. The molecule has 0 aliphatic heterocycles. The van der Waals surface area contributed by atoms with Gasteiger partial charge >= 0.3 is 0 Å². The number of aliphatic hydroxyl groups excluding tert-OH is 1. The average Bonchev–Trinajstić information content (AvgIpc) is 2.70. The monoisotopic (exact) mass is 283 g/mol. The summed E-state index contributed by atoms with van der Waals surface area (Å²) in [5, 5.41) is 13.9. The van der Waals surface area contributed by atoms with Crippen LogP contribution in [0.4, 0.5) is 0 Å².